The Balaban J connectivity index is 0.00000280. The lowest BCUT2D eigenvalue weighted by Gasteiger charge is -2.18. The van der Waals surface area contributed by atoms with Crippen molar-refractivity contribution in [3.05, 3.63) is 12.7 Å². The molecule has 3 rings (SSSR count). The van der Waals surface area contributed by atoms with Crippen LogP contribution in [0.15, 0.2) is 12.7 Å². The van der Waals surface area contributed by atoms with Gasteiger partial charge in [-0.1, -0.05) is 0 Å². The minimum atomic E-state index is -4.79. The molecule has 17 nitrogen and oxygen atoms in total. The maximum atomic E-state index is 11.7. The molecule has 0 spiro atoms. The molecule has 19 heteroatoms. The first-order valence-electron chi connectivity index (χ1n) is 7.44. The summed E-state index contributed by atoms with van der Waals surface area (Å²) in [6.07, 6.45) is -2.94. The number of anilines is 1. The van der Waals surface area contributed by atoms with Crippen LogP contribution in [0.2, 0.25) is 0 Å². The Kier molecular flexibility index (Phi) is 9.61. The maximum absolute atomic E-state index is 11.7. The van der Waals surface area contributed by atoms with Crippen LogP contribution in [0.3, 0.4) is 0 Å². The van der Waals surface area contributed by atoms with Gasteiger partial charge in [-0.05, 0) is 0 Å². The maximum Gasteiger partial charge on any atom is 0.340 e. The van der Waals surface area contributed by atoms with Gasteiger partial charge in [-0.25, -0.2) is 15.0 Å². The van der Waals surface area contributed by atoms with E-state index in [1.165, 1.54) is 17.2 Å². The predicted octanol–water partition coefficient (Wildman–Crippen LogP) is -1.15. The number of ether oxygens (including phenoxy) is 1. The number of aliphatic hydroxyl groups is 2. The van der Waals surface area contributed by atoms with E-state index in [9.17, 15) is 24.2 Å². The van der Waals surface area contributed by atoms with Crippen molar-refractivity contribution in [2.75, 3.05) is 18.2 Å². The molecule has 1 saturated heterocycles. The van der Waals surface area contributed by atoms with Gasteiger partial charge in [0.25, 0.3) is 0 Å². The number of hydrogen-bond acceptors (Lipinski definition) is 13. The second-order valence-corrected chi connectivity index (χ2v) is 9.86. The summed E-state index contributed by atoms with van der Waals surface area (Å²) in [4.78, 5) is 38.8. The zero-order chi connectivity index (χ0) is 20.0. The highest BCUT2D eigenvalue weighted by atomic mass is 31.2. The number of aliphatic hydroxyl groups excluding tert-OH is 2. The van der Waals surface area contributed by atoms with Crippen molar-refractivity contribution < 1.29 is 43.3 Å². The van der Waals surface area contributed by atoms with E-state index in [-0.39, 0.29) is 35.4 Å². The van der Waals surface area contributed by atoms with Crippen molar-refractivity contribution in [2.45, 2.75) is 24.5 Å². The third-order valence-electron chi connectivity index (χ3n) is 3.80. The number of rotatable bonds is 6. The van der Waals surface area contributed by atoms with E-state index in [1.807, 2.05) is 0 Å². The summed E-state index contributed by atoms with van der Waals surface area (Å²) < 4.78 is 33.9. The number of imidazole rings is 1. The topological polar surface area (TPSA) is 328 Å². The average molecular weight is 476 g/mol. The van der Waals surface area contributed by atoms with Crippen molar-refractivity contribution in [3.63, 3.8) is 0 Å². The summed E-state index contributed by atoms with van der Waals surface area (Å²) in [6.45, 7) is -0.688. The van der Waals surface area contributed by atoms with Crippen LogP contribution in [0, 0.1) is 0 Å². The van der Waals surface area contributed by atoms with Crippen LogP contribution < -0.4 is 24.2 Å². The molecule has 5 atom stereocenters. The Morgan fingerprint density at radius 2 is 1.73 bits per heavy atom. The molecule has 2 unspecified atom stereocenters. The Hall–Kier alpha value is -1.59. The summed E-state index contributed by atoms with van der Waals surface area (Å²) in [5, 5.41) is 20.3. The van der Waals surface area contributed by atoms with Crippen LogP contribution in [0.1, 0.15) is 6.23 Å². The van der Waals surface area contributed by atoms with Crippen molar-refractivity contribution in [2.24, 2.45) is 0 Å². The molecule has 16 N–H and O–H groups in total. The fourth-order valence-corrected chi connectivity index (χ4v) is 5.19. The molecule has 0 bridgehead atoms. The van der Waals surface area contributed by atoms with E-state index >= 15 is 0 Å². The highest BCUT2D eigenvalue weighted by molar-refractivity contribution is 7.70. The molecule has 2 aromatic heterocycles. The van der Waals surface area contributed by atoms with E-state index in [2.05, 4.69) is 19.5 Å². The number of nitrogens with zero attached hydrogens (tertiary/aromatic N) is 4. The minimum Gasteiger partial charge on any atom is -0.387 e. The summed E-state index contributed by atoms with van der Waals surface area (Å²) in [6, 6.07) is 0. The van der Waals surface area contributed by atoms with E-state index in [4.69, 9.17) is 20.3 Å². The molecular weight excluding hydrogens is 450 g/mol. The molecule has 0 aliphatic carbocycles. The van der Waals surface area contributed by atoms with Gasteiger partial charge in [0, 0.05) is 0 Å². The van der Waals surface area contributed by atoms with Gasteiger partial charge in [-0.2, -0.15) is 0 Å². The Morgan fingerprint density at radius 3 is 2.33 bits per heavy atom. The second kappa shape index (κ2) is 10.1. The third-order valence-corrected chi connectivity index (χ3v) is 7.26. The molecular formula is C11H26N8O9P2. The molecule has 30 heavy (non-hydrogen) atoms. The first-order valence-corrected chi connectivity index (χ1v) is 11.0. The van der Waals surface area contributed by atoms with Crippen LogP contribution in [0.5, 0.6) is 0 Å². The van der Waals surface area contributed by atoms with Crippen molar-refractivity contribution in [3.8, 4) is 0 Å². The molecule has 0 amide bonds. The zero-order valence-corrected chi connectivity index (χ0v) is 17.4. The van der Waals surface area contributed by atoms with Gasteiger partial charge in [0.2, 0.25) is 0 Å². The Labute approximate surface area is 169 Å². The van der Waals surface area contributed by atoms with E-state index < -0.39 is 52.2 Å². The van der Waals surface area contributed by atoms with Crippen LogP contribution in [-0.2, 0) is 18.4 Å². The molecule has 0 saturated carbocycles. The van der Waals surface area contributed by atoms with Gasteiger partial charge in [0.05, 0.1) is 12.9 Å². The molecule has 174 valence electrons. The van der Waals surface area contributed by atoms with Crippen molar-refractivity contribution in [1.82, 2.24) is 38.0 Å². The predicted molar refractivity (Wildman–Crippen MR) is 103 cm³/mol. The second-order valence-electron chi connectivity index (χ2n) is 5.87. The summed E-state index contributed by atoms with van der Waals surface area (Å²) in [7, 11) is -9.42. The molecule has 3 heterocycles. The lowest BCUT2D eigenvalue weighted by Crippen LogP contribution is -2.33. The van der Waals surface area contributed by atoms with Crippen molar-refractivity contribution in [1.29, 1.82) is 0 Å². The Bertz CT molecular complexity index is 939. The molecule has 2 aromatic rings. The van der Waals surface area contributed by atoms with E-state index in [0.29, 0.717) is 0 Å². The average Bonchev–Trinajstić information content (AvgIpc) is 3.07. The number of nitrogens with two attached hydrogens (primary N) is 1. The smallest absolute Gasteiger partial charge is 0.340 e. The van der Waals surface area contributed by atoms with Gasteiger partial charge in [-0.15, -0.1) is 0 Å². The van der Waals surface area contributed by atoms with Gasteiger partial charge in [0.1, 0.15) is 30.2 Å². The number of hydrogen-bond donors (Lipinski definition) is 9. The summed E-state index contributed by atoms with van der Waals surface area (Å²) in [5.41, 5.74) is 6.17. The van der Waals surface area contributed by atoms with Crippen molar-refractivity contribution >= 4 is 32.2 Å². The summed E-state index contributed by atoms with van der Waals surface area (Å²) >= 11 is 0. The van der Waals surface area contributed by atoms with Gasteiger partial charge in [-0.3, -0.25) is 13.7 Å². The monoisotopic (exact) mass is 476 g/mol. The third kappa shape index (κ3) is 5.98. The quantitative estimate of drug-likeness (QED) is 0.222. The normalized spacial score (nSPS) is 25.6. The van der Waals surface area contributed by atoms with E-state index in [1.54, 1.807) is 0 Å². The van der Waals surface area contributed by atoms with Crippen LogP contribution in [0.4, 0.5) is 5.82 Å². The largest absolute Gasteiger partial charge is 0.387 e. The highest BCUT2D eigenvalue weighted by Crippen LogP contribution is 2.55. The van der Waals surface area contributed by atoms with Crippen LogP contribution in [-0.4, -0.2) is 75.2 Å². The molecule has 0 radical (unpaired) electrons. The molecule has 0 aromatic carbocycles. The highest BCUT2D eigenvalue weighted by Gasteiger charge is 2.45. The molecule has 1 aliphatic heterocycles. The Morgan fingerprint density at radius 1 is 1.10 bits per heavy atom. The van der Waals surface area contributed by atoms with Crippen LogP contribution >= 0.6 is 15.2 Å². The lowest BCUT2D eigenvalue weighted by atomic mass is 10.1. The van der Waals surface area contributed by atoms with Gasteiger partial charge in [0.15, 0.2) is 23.6 Å². The standard InChI is InChI=1S/C11H17N5O9P2.3H3N/c12-9-6-10(14-2-13-9)16(3-15-6)11-8(18)7(17)5(25-11)1-24-27(22,23)4-26(19,20)21;;;/h2-3,5,7-8,11,17-18H,1,4H2,(H,22,23)(H2,12,13,14)(H2,19,20,21);3*1H3/t5-,7+,8?,11-;;;/m1.../s1. The van der Waals surface area contributed by atoms with Gasteiger partial charge >= 0.3 is 15.2 Å². The van der Waals surface area contributed by atoms with Crippen LogP contribution in [0.25, 0.3) is 11.2 Å². The first-order chi connectivity index (χ1) is 12.5. The number of fused-ring (bicyclic) bond motifs is 1. The van der Waals surface area contributed by atoms with E-state index in [0.717, 1.165) is 0 Å². The van der Waals surface area contributed by atoms with Gasteiger partial charge < -0.3 is 58.3 Å². The zero-order valence-electron chi connectivity index (χ0n) is 15.6. The molecule has 1 aliphatic rings. The fraction of sp³-hybridized carbons (Fsp3) is 0.545. The SMILES string of the molecule is N.N.N.Nc1ncnc2c1ncn2[C@@H]1O[C@H](COP(=O)(O)CP(=O)(O)O)[C@H](O)C1O. The minimum absolute atomic E-state index is 0. The molecule has 1 fully saturated rings. The lowest BCUT2D eigenvalue weighted by molar-refractivity contribution is -0.0483. The number of aromatic nitrogens is 4. The fourth-order valence-electron chi connectivity index (χ4n) is 2.62. The number of nitrogen functional groups attached to an aromatic ring is 1. The summed E-state index contributed by atoms with van der Waals surface area (Å²) in [5.74, 6) is -1.28. The first kappa shape index (κ1) is 28.4.